The number of sulfone groups is 1. The van der Waals surface area contributed by atoms with Crippen LogP contribution in [0.3, 0.4) is 0 Å². The molecule has 35 heavy (non-hydrogen) atoms. The van der Waals surface area contributed by atoms with Gasteiger partial charge in [0.2, 0.25) is 0 Å². The summed E-state index contributed by atoms with van der Waals surface area (Å²) in [5.41, 5.74) is 4.34. The molecular weight excluding hydrogens is 464 g/mol. The van der Waals surface area contributed by atoms with Crippen LogP contribution in [0.15, 0.2) is 48.5 Å². The Bertz CT molecular complexity index is 1140. The molecule has 0 aromatic heterocycles. The number of ketones is 2. The highest BCUT2D eigenvalue weighted by molar-refractivity contribution is 7.92. The van der Waals surface area contributed by atoms with Gasteiger partial charge in [-0.1, -0.05) is 69.3 Å². The van der Waals surface area contributed by atoms with Gasteiger partial charge in [0.1, 0.15) is 24.1 Å². The lowest BCUT2D eigenvalue weighted by atomic mass is 9.93. The number of carbonyl (C=O) groups excluding carboxylic acids is 3. The second-order valence-electron chi connectivity index (χ2n) is 9.59. The third kappa shape index (κ3) is 6.88. The zero-order chi connectivity index (χ0) is 25.6. The molecular formula is C28H34O6S. The van der Waals surface area contributed by atoms with Crippen molar-refractivity contribution in [2.75, 3.05) is 18.1 Å². The molecule has 0 bridgehead atoms. The minimum absolute atomic E-state index is 0.00862. The van der Waals surface area contributed by atoms with Gasteiger partial charge in [-0.05, 0) is 41.0 Å². The summed E-state index contributed by atoms with van der Waals surface area (Å²) >= 11 is 0. The van der Waals surface area contributed by atoms with E-state index < -0.39 is 33.3 Å². The number of rotatable bonds is 13. The molecule has 6 nitrogen and oxygen atoms in total. The molecule has 1 atom stereocenters. The number of Topliss-reactive ketones (excluding diaryl/α,β-unsaturated/α-hetero) is 2. The van der Waals surface area contributed by atoms with E-state index in [9.17, 15) is 22.8 Å². The van der Waals surface area contributed by atoms with Gasteiger partial charge in [0, 0.05) is 18.8 Å². The van der Waals surface area contributed by atoms with Crippen LogP contribution in [-0.4, -0.2) is 44.1 Å². The molecule has 0 aliphatic heterocycles. The molecule has 0 spiro atoms. The number of fused-ring (bicyclic) bond motifs is 3. The summed E-state index contributed by atoms with van der Waals surface area (Å²) in [6, 6.07) is 16.0. The number of hydrogen-bond donors (Lipinski definition) is 0. The van der Waals surface area contributed by atoms with Crippen LogP contribution in [-0.2, 0) is 29.0 Å². The minimum atomic E-state index is -3.72. The fourth-order valence-corrected chi connectivity index (χ4v) is 5.95. The van der Waals surface area contributed by atoms with Crippen LogP contribution in [0.5, 0.6) is 0 Å². The van der Waals surface area contributed by atoms with Crippen molar-refractivity contribution in [2.24, 2.45) is 11.8 Å². The first kappa shape index (κ1) is 26.8. The maximum absolute atomic E-state index is 13.0. The van der Waals surface area contributed by atoms with E-state index in [1.807, 2.05) is 62.4 Å². The highest BCUT2D eigenvalue weighted by atomic mass is 32.2. The summed E-state index contributed by atoms with van der Waals surface area (Å²) in [7, 11) is -3.72. The Morgan fingerprint density at radius 2 is 1.51 bits per heavy atom. The fourth-order valence-electron chi connectivity index (χ4n) is 4.59. The summed E-state index contributed by atoms with van der Waals surface area (Å²) in [5, 5.41) is 0. The molecule has 188 valence electrons. The number of benzene rings is 2. The number of carbonyl (C=O) groups is 3. The van der Waals surface area contributed by atoms with Gasteiger partial charge in [-0.15, -0.1) is 0 Å². The largest absolute Gasteiger partial charge is 0.464 e. The van der Waals surface area contributed by atoms with Crippen LogP contribution in [0, 0.1) is 11.8 Å². The molecule has 0 unspecified atom stereocenters. The van der Waals surface area contributed by atoms with Crippen LogP contribution in [0.1, 0.15) is 63.5 Å². The smallest absolute Gasteiger partial charge is 0.316 e. The zero-order valence-electron chi connectivity index (χ0n) is 20.7. The van der Waals surface area contributed by atoms with Gasteiger partial charge in [0.15, 0.2) is 15.6 Å². The van der Waals surface area contributed by atoms with Crippen molar-refractivity contribution in [3.8, 4) is 11.1 Å². The Morgan fingerprint density at radius 1 is 0.943 bits per heavy atom. The quantitative estimate of drug-likeness (QED) is 0.292. The van der Waals surface area contributed by atoms with E-state index in [0.29, 0.717) is 6.42 Å². The Morgan fingerprint density at radius 3 is 2.06 bits per heavy atom. The summed E-state index contributed by atoms with van der Waals surface area (Å²) < 4.78 is 30.6. The van der Waals surface area contributed by atoms with E-state index in [-0.39, 0.29) is 49.2 Å². The molecule has 1 aliphatic carbocycles. The number of ether oxygens (including phenoxy) is 1. The van der Waals surface area contributed by atoms with E-state index in [1.165, 1.54) is 0 Å². The lowest BCUT2D eigenvalue weighted by Crippen LogP contribution is -2.33. The standard InChI is InChI=1S/C28H34O6S/c1-4-20(29)10-9-15-35(32,33)18-27(30)25(16-19(2)3)28(31)34-17-26-23-13-7-5-11-21(23)22-12-6-8-14-24(22)26/h5-8,11-14,19,25-26H,4,9-10,15-18H2,1-3H3/t25-/m0/s1. The fraction of sp³-hybridized carbons (Fsp3) is 0.464. The van der Waals surface area contributed by atoms with Crippen molar-refractivity contribution in [2.45, 2.75) is 52.4 Å². The van der Waals surface area contributed by atoms with Crippen molar-refractivity contribution in [3.63, 3.8) is 0 Å². The summed E-state index contributed by atoms with van der Waals surface area (Å²) in [5.74, 6) is -3.55. The van der Waals surface area contributed by atoms with Gasteiger partial charge >= 0.3 is 5.97 Å². The van der Waals surface area contributed by atoms with Crippen molar-refractivity contribution < 1.29 is 27.5 Å². The van der Waals surface area contributed by atoms with Gasteiger partial charge in [0.05, 0.1) is 5.75 Å². The lowest BCUT2D eigenvalue weighted by molar-refractivity contribution is -0.152. The zero-order valence-corrected chi connectivity index (χ0v) is 21.5. The van der Waals surface area contributed by atoms with E-state index in [4.69, 9.17) is 4.74 Å². The lowest BCUT2D eigenvalue weighted by Gasteiger charge is -2.19. The van der Waals surface area contributed by atoms with Crippen molar-refractivity contribution in [1.82, 2.24) is 0 Å². The number of hydrogen-bond acceptors (Lipinski definition) is 6. The SMILES string of the molecule is CCC(=O)CCCS(=O)(=O)CC(=O)[C@H](CC(C)C)C(=O)OCC1c2ccccc2-c2ccccc21. The van der Waals surface area contributed by atoms with Crippen molar-refractivity contribution in [1.29, 1.82) is 0 Å². The summed E-state index contributed by atoms with van der Waals surface area (Å²) in [4.78, 5) is 37.4. The van der Waals surface area contributed by atoms with Crippen LogP contribution in [0.2, 0.25) is 0 Å². The molecule has 0 saturated carbocycles. The van der Waals surface area contributed by atoms with Gasteiger partial charge in [-0.25, -0.2) is 8.42 Å². The maximum atomic E-state index is 13.0. The summed E-state index contributed by atoms with van der Waals surface area (Å²) in [6.07, 6.45) is 0.935. The molecule has 0 amide bonds. The molecule has 0 radical (unpaired) electrons. The molecule has 2 aromatic carbocycles. The van der Waals surface area contributed by atoms with Gasteiger partial charge in [-0.3, -0.25) is 14.4 Å². The Labute approximate surface area is 208 Å². The molecule has 2 aromatic rings. The van der Waals surface area contributed by atoms with E-state index in [0.717, 1.165) is 22.3 Å². The molecule has 0 saturated heterocycles. The van der Waals surface area contributed by atoms with Crippen LogP contribution < -0.4 is 0 Å². The van der Waals surface area contributed by atoms with Crippen molar-refractivity contribution >= 4 is 27.4 Å². The van der Waals surface area contributed by atoms with Gasteiger partial charge in [-0.2, -0.15) is 0 Å². The highest BCUT2D eigenvalue weighted by Crippen LogP contribution is 2.44. The van der Waals surface area contributed by atoms with E-state index >= 15 is 0 Å². The molecule has 3 rings (SSSR count). The topological polar surface area (TPSA) is 94.6 Å². The predicted molar refractivity (Wildman–Crippen MR) is 136 cm³/mol. The Balaban J connectivity index is 1.68. The maximum Gasteiger partial charge on any atom is 0.316 e. The first-order valence-corrected chi connectivity index (χ1v) is 14.0. The average molecular weight is 499 g/mol. The van der Waals surface area contributed by atoms with Crippen LogP contribution >= 0.6 is 0 Å². The minimum Gasteiger partial charge on any atom is -0.464 e. The highest BCUT2D eigenvalue weighted by Gasteiger charge is 2.34. The second kappa shape index (κ2) is 11.8. The predicted octanol–water partition coefficient (Wildman–Crippen LogP) is 4.75. The number of esters is 1. The average Bonchev–Trinajstić information content (AvgIpc) is 3.14. The first-order chi connectivity index (χ1) is 16.6. The molecule has 0 N–H and O–H groups in total. The molecule has 1 aliphatic rings. The Hall–Kier alpha value is -2.80. The van der Waals surface area contributed by atoms with Gasteiger partial charge in [0.25, 0.3) is 0 Å². The first-order valence-electron chi connectivity index (χ1n) is 12.2. The normalized spacial score (nSPS) is 13.8. The third-order valence-electron chi connectivity index (χ3n) is 6.40. The molecule has 0 fully saturated rings. The van der Waals surface area contributed by atoms with E-state index in [2.05, 4.69) is 0 Å². The van der Waals surface area contributed by atoms with Crippen LogP contribution in [0.25, 0.3) is 11.1 Å². The van der Waals surface area contributed by atoms with E-state index in [1.54, 1.807) is 6.92 Å². The van der Waals surface area contributed by atoms with Gasteiger partial charge < -0.3 is 4.74 Å². The molecule has 7 heteroatoms. The monoisotopic (exact) mass is 498 g/mol. The van der Waals surface area contributed by atoms with Crippen LogP contribution in [0.4, 0.5) is 0 Å². The summed E-state index contributed by atoms with van der Waals surface area (Å²) in [6.45, 7) is 5.57. The van der Waals surface area contributed by atoms with Crippen molar-refractivity contribution in [3.05, 3.63) is 59.7 Å². The third-order valence-corrected chi connectivity index (χ3v) is 8.04. The Kier molecular flexibility index (Phi) is 9.00. The molecule has 0 heterocycles. The second-order valence-corrected chi connectivity index (χ2v) is 11.8.